The van der Waals surface area contributed by atoms with Gasteiger partial charge in [0.05, 0.1) is 6.10 Å². The molecule has 1 aromatic carbocycles. The Balaban J connectivity index is 1.44. The van der Waals surface area contributed by atoms with E-state index in [0.29, 0.717) is 6.10 Å². The van der Waals surface area contributed by atoms with E-state index in [0.717, 1.165) is 39.2 Å². The van der Waals surface area contributed by atoms with E-state index in [1.807, 2.05) is 0 Å². The van der Waals surface area contributed by atoms with E-state index in [1.54, 1.807) is 0 Å². The molecule has 1 fully saturated rings. The first-order chi connectivity index (χ1) is 9.42. The van der Waals surface area contributed by atoms with Crippen LogP contribution in [0.2, 0.25) is 0 Å². The van der Waals surface area contributed by atoms with Gasteiger partial charge in [0.15, 0.2) is 0 Å². The summed E-state index contributed by atoms with van der Waals surface area (Å²) < 4.78 is 5.63. The van der Waals surface area contributed by atoms with Crippen molar-refractivity contribution in [2.24, 2.45) is 0 Å². The quantitative estimate of drug-likeness (QED) is 0.794. The fraction of sp³-hybridized carbons (Fsp3) is 0.625. The van der Waals surface area contributed by atoms with Crippen LogP contribution in [0.15, 0.2) is 18.2 Å². The lowest BCUT2D eigenvalue weighted by atomic mass is 9.98. The molecule has 3 nitrogen and oxygen atoms in total. The van der Waals surface area contributed by atoms with Crippen LogP contribution >= 0.6 is 0 Å². The molecule has 3 heteroatoms. The van der Waals surface area contributed by atoms with Crippen LogP contribution in [0.4, 0.5) is 0 Å². The molecule has 1 unspecified atom stereocenters. The highest BCUT2D eigenvalue weighted by Crippen LogP contribution is 2.16. The van der Waals surface area contributed by atoms with Gasteiger partial charge in [0.1, 0.15) is 0 Å². The molecule has 2 aliphatic rings. The van der Waals surface area contributed by atoms with Crippen molar-refractivity contribution in [1.82, 2.24) is 10.6 Å². The van der Waals surface area contributed by atoms with Crippen molar-refractivity contribution in [3.05, 3.63) is 34.9 Å². The fourth-order valence-electron chi connectivity index (χ4n) is 3.01. The second-order valence-electron chi connectivity index (χ2n) is 5.63. The highest BCUT2D eigenvalue weighted by Gasteiger charge is 2.14. The fourth-order valence-corrected chi connectivity index (χ4v) is 3.01. The number of fused-ring (bicyclic) bond motifs is 1. The van der Waals surface area contributed by atoms with Crippen LogP contribution in [-0.2, 0) is 24.2 Å². The van der Waals surface area contributed by atoms with Gasteiger partial charge in [-0.3, -0.25) is 0 Å². The first-order valence-corrected chi connectivity index (χ1v) is 7.55. The predicted octanol–water partition coefficient (Wildman–Crippen LogP) is 1.99. The summed E-state index contributed by atoms with van der Waals surface area (Å²) in [5.74, 6) is 0. The molecular weight excluding hydrogens is 236 g/mol. The second-order valence-corrected chi connectivity index (χ2v) is 5.63. The summed E-state index contributed by atoms with van der Waals surface area (Å²) in [4.78, 5) is 0. The largest absolute Gasteiger partial charge is 0.378 e. The minimum atomic E-state index is 0.500. The van der Waals surface area contributed by atoms with Crippen molar-refractivity contribution in [1.29, 1.82) is 0 Å². The van der Waals surface area contributed by atoms with E-state index in [2.05, 4.69) is 28.8 Å². The molecule has 0 amide bonds. The Morgan fingerprint density at radius 2 is 2.32 bits per heavy atom. The van der Waals surface area contributed by atoms with Gasteiger partial charge in [0.25, 0.3) is 0 Å². The van der Waals surface area contributed by atoms with Gasteiger partial charge in [-0.15, -0.1) is 0 Å². The van der Waals surface area contributed by atoms with E-state index in [-0.39, 0.29) is 0 Å². The first kappa shape index (κ1) is 13.1. The van der Waals surface area contributed by atoms with Crippen molar-refractivity contribution in [3.8, 4) is 0 Å². The average molecular weight is 260 g/mol. The standard InChI is InChI=1S/C16H24N2O/c1-2-16(19-9-1)6-8-17-11-13-3-4-14-5-7-18-12-15(14)10-13/h3-4,10,16-18H,1-2,5-9,11-12H2. The first-order valence-electron chi connectivity index (χ1n) is 7.55. The summed E-state index contributed by atoms with van der Waals surface area (Å²) in [6, 6.07) is 6.91. The third-order valence-corrected chi connectivity index (χ3v) is 4.15. The second kappa shape index (κ2) is 6.51. The van der Waals surface area contributed by atoms with Crippen LogP contribution in [0.5, 0.6) is 0 Å². The molecule has 0 saturated carbocycles. The van der Waals surface area contributed by atoms with E-state index >= 15 is 0 Å². The zero-order valence-electron chi connectivity index (χ0n) is 11.6. The van der Waals surface area contributed by atoms with Crippen LogP contribution < -0.4 is 10.6 Å². The number of ether oxygens (including phenoxy) is 1. The molecule has 104 valence electrons. The molecule has 1 saturated heterocycles. The lowest BCUT2D eigenvalue weighted by Crippen LogP contribution is -2.24. The molecular formula is C16H24N2O. The van der Waals surface area contributed by atoms with E-state index in [9.17, 15) is 0 Å². The molecule has 0 radical (unpaired) electrons. The van der Waals surface area contributed by atoms with Crippen LogP contribution in [0.1, 0.15) is 36.0 Å². The molecule has 19 heavy (non-hydrogen) atoms. The number of nitrogens with one attached hydrogen (secondary N) is 2. The molecule has 0 spiro atoms. The highest BCUT2D eigenvalue weighted by molar-refractivity contribution is 5.33. The van der Waals surface area contributed by atoms with Crippen molar-refractivity contribution in [2.75, 3.05) is 19.7 Å². The van der Waals surface area contributed by atoms with Crippen molar-refractivity contribution < 1.29 is 4.74 Å². The minimum Gasteiger partial charge on any atom is -0.378 e. The maximum atomic E-state index is 5.63. The lowest BCUT2D eigenvalue weighted by molar-refractivity contribution is 0.104. The number of rotatable bonds is 5. The van der Waals surface area contributed by atoms with Crippen LogP contribution in [0.25, 0.3) is 0 Å². The van der Waals surface area contributed by atoms with Gasteiger partial charge < -0.3 is 15.4 Å². The average Bonchev–Trinajstić information content (AvgIpc) is 2.97. The molecule has 2 heterocycles. The lowest BCUT2D eigenvalue weighted by Gasteiger charge is -2.18. The smallest absolute Gasteiger partial charge is 0.0588 e. The molecule has 1 aromatic rings. The minimum absolute atomic E-state index is 0.500. The highest BCUT2D eigenvalue weighted by atomic mass is 16.5. The Hall–Kier alpha value is -0.900. The maximum absolute atomic E-state index is 5.63. The molecule has 0 bridgehead atoms. The van der Waals surface area contributed by atoms with E-state index in [4.69, 9.17) is 4.74 Å². The van der Waals surface area contributed by atoms with Crippen molar-refractivity contribution in [2.45, 2.75) is 44.9 Å². The van der Waals surface area contributed by atoms with E-state index in [1.165, 1.54) is 36.0 Å². The Morgan fingerprint density at radius 3 is 3.21 bits per heavy atom. The summed E-state index contributed by atoms with van der Waals surface area (Å²) in [5.41, 5.74) is 4.39. The molecule has 3 rings (SSSR count). The zero-order chi connectivity index (χ0) is 12.9. The SMILES string of the molecule is c1cc2c(cc1CNCCC1CCCO1)CNCC2. The van der Waals surface area contributed by atoms with Gasteiger partial charge in [0.2, 0.25) is 0 Å². The normalized spacial score (nSPS) is 22.4. The van der Waals surface area contributed by atoms with Gasteiger partial charge in [0, 0.05) is 19.7 Å². The summed E-state index contributed by atoms with van der Waals surface area (Å²) in [6.45, 7) is 5.13. The Kier molecular flexibility index (Phi) is 4.49. The van der Waals surface area contributed by atoms with Gasteiger partial charge >= 0.3 is 0 Å². The Bertz CT molecular complexity index is 413. The van der Waals surface area contributed by atoms with E-state index < -0.39 is 0 Å². The topological polar surface area (TPSA) is 33.3 Å². The maximum Gasteiger partial charge on any atom is 0.0588 e. The number of benzene rings is 1. The van der Waals surface area contributed by atoms with Gasteiger partial charge in [-0.25, -0.2) is 0 Å². The van der Waals surface area contributed by atoms with Crippen LogP contribution in [-0.4, -0.2) is 25.8 Å². The molecule has 2 aliphatic heterocycles. The molecule has 0 aliphatic carbocycles. The molecule has 0 aromatic heterocycles. The number of hydrogen-bond acceptors (Lipinski definition) is 3. The Morgan fingerprint density at radius 1 is 1.32 bits per heavy atom. The van der Waals surface area contributed by atoms with Crippen LogP contribution in [0, 0.1) is 0 Å². The molecule has 2 N–H and O–H groups in total. The monoisotopic (exact) mass is 260 g/mol. The van der Waals surface area contributed by atoms with Gasteiger partial charge in [-0.1, -0.05) is 18.2 Å². The summed E-state index contributed by atoms with van der Waals surface area (Å²) in [7, 11) is 0. The van der Waals surface area contributed by atoms with Crippen molar-refractivity contribution >= 4 is 0 Å². The van der Waals surface area contributed by atoms with Gasteiger partial charge in [-0.05, 0) is 55.5 Å². The third kappa shape index (κ3) is 3.56. The summed E-state index contributed by atoms with van der Waals surface area (Å²) in [6.07, 6.45) is 5.30. The third-order valence-electron chi connectivity index (χ3n) is 4.15. The van der Waals surface area contributed by atoms with Crippen LogP contribution in [0.3, 0.4) is 0 Å². The Labute approximate surface area is 115 Å². The van der Waals surface area contributed by atoms with Crippen molar-refractivity contribution in [3.63, 3.8) is 0 Å². The summed E-state index contributed by atoms with van der Waals surface area (Å²) >= 11 is 0. The zero-order valence-corrected chi connectivity index (χ0v) is 11.6. The summed E-state index contributed by atoms with van der Waals surface area (Å²) in [5, 5.41) is 6.97. The molecule has 1 atom stereocenters. The number of hydrogen-bond donors (Lipinski definition) is 2. The predicted molar refractivity (Wildman–Crippen MR) is 77.2 cm³/mol. The van der Waals surface area contributed by atoms with Gasteiger partial charge in [-0.2, -0.15) is 0 Å².